The number of hydrogen-bond donors (Lipinski definition) is 1. The Hall–Kier alpha value is -1.38. The van der Waals surface area contributed by atoms with Gasteiger partial charge in [-0.2, -0.15) is 8.78 Å². The number of anilines is 1. The number of rotatable bonds is 5. The molecule has 1 aromatic heterocycles. The molecule has 1 heterocycles. The second-order valence-corrected chi connectivity index (χ2v) is 7.60. The summed E-state index contributed by atoms with van der Waals surface area (Å²) in [6.45, 7) is -1.21. The highest BCUT2D eigenvalue weighted by molar-refractivity contribution is 7.94. The van der Waals surface area contributed by atoms with E-state index >= 15 is 0 Å². The van der Waals surface area contributed by atoms with Crippen molar-refractivity contribution in [2.75, 3.05) is 4.72 Å². The van der Waals surface area contributed by atoms with Crippen molar-refractivity contribution in [3.63, 3.8) is 0 Å². The van der Waals surface area contributed by atoms with Crippen molar-refractivity contribution in [1.82, 2.24) is 0 Å². The van der Waals surface area contributed by atoms with Crippen LogP contribution in [0.2, 0.25) is 5.02 Å². The molecule has 0 saturated heterocycles. The maximum absolute atomic E-state index is 12.1. The molecule has 0 aliphatic carbocycles. The lowest BCUT2D eigenvalue weighted by molar-refractivity contribution is -0.0497. The molecule has 4 nitrogen and oxygen atoms in total. The van der Waals surface area contributed by atoms with Crippen molar-refractivity contribution in [2.45, 2.75) is 17.7 Å². The molecule has 0 unspecified atom stereocenters. The first-order valence-corrected chi connectivity index (χ1v) is 8.29. The third-order valence-corrected chi connectivity index (χ3v) is 5.55. The van der Waals surface area contributed by atoms with Gasteiger partial charge in [0.05, 0.1) is 10.7 Å². The normalized spacial score (nSPS) is 11.7. The van der Waals surface area contributed by atoms with Gasteiger partial charge in [0.25, 0.3) is 10.0 Å². The van der Waals surface area contributed by atoms with E-state index in [1.54, 1.807) is 13.0 Å². The lowest BCUT2D eigenvalue weighted by Crippen LogP contribution is -2.11. The van der Waals surface area contributed by atoms with E-state index in [-0.39, 0.29) is 20.7 Å². The van der Waals surface area contributed by atoms with Crippen molar-refractivity contribution < 1.29 is 21.9 Å². The summed E-state index contributed by atoms with van der Waals surface area (Å²) in [5.41, 5.74) is 0.160. The summed E-state index contributed by atoms with van der Waals surface area (Å²) in [6, 6.07) is 6.84. The minimum Gasteiger partial charge on any atom is -0.433 e. The Morgan fingerprint density at radius 3 is 2.52 bits per heavy atom. The summed E-state index contributed by atoms with van der Waals surface area (Å²) >= 11 is 6.88. The van der Waals surface area contributed by atoms with Gasteiger partial charge in [-0.1, -0.05) is 11.6 Å². The number of aryl methyl sites for hydroxylation is 1. The first-order chi connectivity index (χ1) is 9.78. The third kappa shape index (κ3) is 4.05. The van der Waals surface area contributed by atoms with Gasteiger partial charge in [0.1, 0.15) is 9.96 Å². The number of halogens is 3. The molecular weight excluding hydrogens is 344 g/mol. The fourth-order valence-corrected chi connectivity index (χ4v) is 4.08. The van der Waals surface area contributed by atoms with E-state index in [9.17, 15) is 17.2 Å². The van der Waals surface area contributed by atoms with Crippen LogP contribution < -0.4 is 9.46 Å². The molecule has 21 heavy (non-hydrogen) atoms. The SMILES string of the molecule is Cc1ccc(S(=O)(=O)Nc2ccc(OC(F)F)c(Cl)c2)s1. The number of ether oxygens (including phenoxy) is 1. The van der Waals surface area contributed by atoms with Crippen molar-refractivity contribution in [2.24, 2.45) is 0 Å². The highest BCUT2D eigenvalue weighted by Gasteiger charge is 2.17. The molecule has 0 radical (unpaired) electrons. The maximum atomic E-state index is 12.1. The predicted molar refractivity (Wildman–Crippen MR) is 77.9 cm³/mol. The Kier molecular flexibility index (Phi) is 4.70. The standard InChI is InChI=1S/C12H10ClF2NO3S2/c1-7-2-5-11(20-7)21(17,18)16-8-3-4-10(9(13)6-8)19-12(14)15/h2-6,12,16H,1H3. The van der Waals surface area contributed by atoms with Crippen LogP contribution in [0.3, 0.4) is 0 Å². The molecule has 2 rings (SSSR count). The van der Waals surface area contributed by atoms with E-state index < -0.39 is 16.6 Å². The molecule has 0 bridgehead atoms. The lowest BCUT2D eigenvalue weighted by Gasteiger charge is -2.10. The van der Waals surface area contributed by atoms with Gasteiger partial charge in [-0.25, -0.2) is 8.42 Å². The minimum absolute atomic E-state index is 0.113. The van der Waals surface area contributed by atoms with Crippen LogP contribution in [0.1, 0.15) is 4.88 Å². The zero-order valence-corrected chi connectivity index (χ0v) is 13.0. The maximum Gasteiger partial charge on any atom is 0.387 e. The molecule has 1 aromatic carbocycles. The van der Waals surface area contributed by atoms with Gasteiger partial charge in [0.15, 0.2) is 0 Å². The van der Waals surface area contributed by atoms with Crippen LogP contribution in [0.5, 0.6) is 5.75 Å². The second kappa shape index (κ2) is 6.17. The fourth-order valence-electron chi connectivity index (χ4n) is 1.52. The van der Waals surface area contributed by atoms with E-state index in [0.717, 1.165) is 16.2 Å². The Labute approximate surface area is 129 Å². The second-order valence-electron chi connectivity index (χ2n) is 3.99. The fraction of sp³-hybridized carbons (Fsp3) is 0.167. The molecule has 0 atom stereocenters. The Morgan fingerprint density at radius 2 is 2.00 bits per heavy atom. The zero-order valence-electron chi connectivity index (χ0n) is 10.6. The first-order valence-electron chi connectivity index (χ1n) is 5.61. The number of alkyl halides is 2. The van der Waals surface area contributed by atoms with Crippen LogP contribution >= 0.6 is 22.9 Å². The van der Waals surface area contributed by atoms with E-state index in [2.05, 4.69) is 9.46 Å². The first kappa shape index (κ1) is 16.0. The largest absolute Gasteiger partial charge is 0.433 e. The van der Waals surface area contributed by atoms with Crippen LogP contribution in [0.15, 0.2) is 34.5 Å². The summed E-state index contributed by atoms with van der Waals surface area (Å²) in [4.78, 5) is 0.856. The highest BCUT2D eigenvalue weighted by Crippen LogP contribution is 2.30. The van der Waals surface area contributed by atoms with Gasteiger partial charge in [-0.15, -0.1) is 11.3 Å². The predicted octanol–water partition coefficient (Wildman–Crippen LogP) is 4.11. The molecule has 0 aliphatic rings. The summed E-state index contributed by atoms with van der Waals surface area (Å²) in [7, 11) is -3.72. The minimum atomic E-state index is -3.72. The Balaban J connectivity index is 2.22. The quantitative estimate of drug-likeness (QED) is 0.880. The van der Waals surface area contributed by atoms with Crippen LogP contribution in [-0.4, -0.2) is 15.0 Å². The highest BCUT2D eigenvalue weighted by atomic mass is 35.5. The lowest BCUT2D eigenvalue weighted by atomic mass is 10.3. The molecule has 0 amide bonds. The van der Waals surface area contributed by atoms with E-state index in [4.69, 9.17) is 11.6 Å². The molecule has 0 aliphatic heterocycles. The number of benzene rings is 1. The average molecular weight is 354 g/mol. The Bertz CT molecular complexity index is 747. The van der Waals surface area contributed by atoms with Gasteiger partial charge in [-0.05, 0) is 37.3 Å². The molecule has 114 valence electrons. The molecule has 0 saturated carbocycles. The van der Waals surface area contributed by atoms with Crippen molar-refractivity contribution in [3.8, 4) is 5.75 Å². The topological polar surface area (TPSA) is 55.4 Å². The average Bonchev–Trinajstić information content (AvgIpc) is 2.79. The van der Waals surface area contributed by atoms with Crippen LogP contribution in [0.4, 0.5) is 14.5 Å². The van der Waals surface area contributed by atoms with Crippen molar-refractivity contribution >= 4 is 38.6 Å². The van der Waals surface area contributed by atoms with Crippen molar-refractivity contribution in [3.05, 3.63) is 40.2 Å². The van der Waals surface area contributed by atoms with Gasteiger partial charge < -0.3 is 4.74 Å². The van der Waals surface area contributed by atoms with Crippen LogP contribution in [0, 0.1) is 6.92 Å². The zero-order chi connectivity index (χ0) is 15.6. The number of hydrogen-bond acceptors (Lipinski definition) is 4. The summed E-state index contributed by atoms with van der Waals surface area (Å²) in [5, 5.41) is -0.113. The molecule has 0 fully saturated rings. The van der Waals surface area contributed by atoms with E-state index in [1.165, 1.54) is 24.3 Å². The number of thiophene rings is 1. The van der Waals surface area contributed by atoms with Gasteiger partial charge in [0.2, 0.25) is 0 Å². The monoisotopic (exact) mass is 353 g/mol. The number of nitrogens with one attached hydrogen (secondary N) is 1. The number of sulfonamides is 1. The van der Waals surface area contributed by atoms with E-state index in [1.807, 2.05) is 0 Å². The summed E-state index contributed by atoms with van der Waals surface area (Å²) in [6.07, 6.45) is 0. The smallest absolute Gasteiger partial charge is 0.387 e. The van der Waals surface area contributed by atoms with Gasteiger partial charge in [0, 0.05) is 4.88 Å². The van der Waals surface area contributed by atoms with Crippen molar-refractivity contribution in [1.29, 1.82) is 0 Å². The van der Waals surface area contributed by atoms with E-state index in [0.29, 0.717) is 0 Å². The Morgan fingerprint density at radius 1 is 1.29 bits per heavy atom. The summed E-state index contributed by atoms with van der Waals surface area (Å²) < 4.78 is 55.1. The molecule has 1 N–H and O–H groups in total. The third-order valence-electron chi connectivity index (χ3n) is 2.38. The summed E-state index contributed by atoms with van der Waals surface area (Å²) in [5.74, 6) is -0.221. The molecule has 9 heteroatoms. The van der Waals surface area contributed by atoms with Crippen LogP contribution in [0.25, 0.3) is 0 Å². The molecule has 0 spiro atoms. The molecular formula is C12H10ClF2NO3S2. The van der Waals surface area contributed by atoms with Gasteiger partial charge >= 0.3 is 6.61 Å². The molecule has 2 aromatic rings. The van der Waals surface area contributed by atoms with Gasteiger partial charge in [-0.3, -0.25) is 4.72 Å². The van der Waals surface area contributed by atoms with Crippen LogP contribution in [-0.2, 0) is 10.0 Å².